The number of imidazole rings is 1. The molecule has 0 spiro atoms. The van der Waals surface area contributed by atoms with E-state index < -0.39 is 15.3 Å². The Morgan fingerprint density at radius 2 is 1.91 bits per heavy atom. The molecule has 0 unspecified atom stereocenters. The van der Waals surface area contributed by atoms with Crippen molar-refractivity contribution in [1.29, 1.82) is 0 Å². The van der Waals surface area contributed by atoms with Crippen LogP contribution in [0.15, 0.2) is 41.8 Å². The van der Waals surface area contributed by atoms with Gasteiger partial charge in [-0.3, -0.25) is 4.72 Å². The first-order chi connectivity index (χ1) is 16.9. The van der Waals surface area contributed by atoms with Crippen LogP contribution in [0.2, 0.25) is 0 Å². The van der Waals surface area contributed by atoms with Crippen LogP contribution in [0.5, 0.6) is 0 Å². The van der Waals surface area contributed by atoms with Crippen molar-refractivity contribution in [2.45, 2.75) is 31.4 Å². The average molecular weight is 516 g/mol. The quantitative estimate of drug-likeness (QED) is 0.386. The number of nitrogens with zero attached hydrogens (tertiary/aromatic N) is 5. The minimum atomic E-state index is -3.56. The zero-order chi connectivity index (χ0) is 24.6. The van der Waals surface area contributed by atoms with Gasteiger partial charge in [0, 0.05) is 18.0 Å². The number of hydrogen-bond donors (Lipinski definition) is 2. The van der Waals surface area contributed by atoms with E-state index in [-0.39, 0.29) is 11.6 Å². The number of anilines is 3. The predicted molar refractivity (Wildman–Crippen MR) is 136 cm³/mol. The molecule has 0 saturated carbocycles. The van der Waals surface area contributed by atoms with Crippen molar-refractivity contribution in [2.24, 2.45) is 0 Å². The fourth-order valence-electron chi connectivity index (χ4n) is 4.19. The number of piperidine rings is 1. The highest BCUT2D eigenvalue weighted by atomic mass is 32.2. The highest BCUT2D eigenvalue weighted by Crippen LogP contribution is 2.33. The maximum Gasteiger partial charge on any atom is 0.236 e. The van der Waals surface area contributed by atoms with Crippen molar-refractivity contribution >= 4 is 43.8 Å². The van der Waals surface area contributed by atoms with Crippen LogP contribution in [-0.2, 0) is 16.4 Å². The third kappa shape index (κ3) is 4.73. The SMILES string of the molecule is CCc1nc2ccc(NS(=O)(=O)C3CCNCC3)nn2c1N(C)c1nc(-c2ccc(F)cc2)cs1. The maximum absolute atomic E-state index is 13.3. The summed E-state index contributed by atoms with van der Waals surface area (Å²) in [6, 6.07) is 9.61. The van der Waals surface area contributed by atoms with E-state index in [9.17, 15) is 12.8 Å². The number of aromatic nitrogens is 4. The second kappa shape index (κ2) is 9.51. The molecule has 0 bridgehead atoms. The molecule has 0 amide bonds. The van der Waals surface area contributed by atoms with E-state index in [1.807, 2.05) is 24.3 Å². The van der Waals surface area contributed by atoms with Crippen molar-refractivity contribution in [2.75, 3.05) is 29.8 Å². The standard InChI is InChI=1S/C23H26FN7O2S2/c1-3-18-22(30(2)23-27-19(14-34-23)15-4-6-16(24)7-5-15)31-21(26-18)9-8-20(28-31)29-35(32,33)17-10-12-25-13-11-17/h4-9,14,17,25H,3,10-13H2,1-2H3,(H,28,29). The van der Waals surface area contributed by atoms with Gasteiger partial charge in [0.2, 0.25) is 10.0 Å². The number of aryl methyl sites for hydroxylation is 1. The highest BCUT2D eigenvalue weighted by molar-refractivity contribution is 7.93. The first kappa shape index (κ1) is 23.6. The third-order valence-corrected chi connectivity index (χ3v) is 8.83. The zero-order valence-corrected chi connectivity index (χ0v) is 21.0. The van der Waals surface area contributed by atoms with E-state index in [1.54, 1.807) is 28.8 Å². The number of thiazole rings is 1. The average Bonchev–Trinajstić information content (AvgIpc) is 3.49. The monoisotopic (exact) mass is 515 g/mol. The van der Waals surface area contributed by atoms with Crippen LogP contribution >= 0.6 is 11.3 Å². The summed E-state index contributed by atoms with van der Waals surface area (Å²) in [6.07, 6.45) is 1.80. The van der Waals surface area contributed by atoms with E-state index >= 15 is 0 Å². The minimum absolute atomic E-state index is 0.247. The first-order valence-electron chi connectivity index (χ1n) is 11.4. The third-order valence-electron chi connectivity index (χ3n) is 6.07. The molecular formula is C23H26FN7O2S2. The number of sulfonamides is 1. The van der Waals surface area contributed by atoms with Crippen molar-refractivity contribution in [1.82, 2.24) is 24.9 Å². The summed E-state index contributed by atoms with van der Waals surface area (Å²) in [5, 5.41) is 9.95. The van der Waals surface area contributed by atoms with Gasteiger partial charge in [-0.1, -0.05) is 6.92 Å². The lowest BCUT2D eigenvalue weighted by atomic mass is 10.2. The Hall–Kier alpha value is -3.09. The number of rotatable bonds is 7. The molecular weight excluding hydrogens is 489 g/mol. The van der Waals surface area contributed by atoms with Gasteiger partial charge in [-0.15, -0.1) is 16.4 Å². The molecule has 12 heteroatoms. The van der Waals surface area contributed by atoms with E-state index in [2.05, 4.69) is 20.1 Å². The van der Waals surface area contributed by atoms with Crippen LogP contribution in [-0.4, -0.2) is 53.4 Å². The lowest BCUT2D eigenvalue weighted by molar-refractivity contribution is 0.499. The number of halogens is 1. The molecule has 1 aromatic carbocycles. The molecule has 1 saturated heterocycles. The number of fused-ring (bicyclic) bond motifs is 1. The van der Waals surface area contributed by atoms with Crippen LogP contribution in [0, 0.1) is 5.82 Å². The van der Waals surface area contributed by atoms with E-state index in [0.29, 0.717) is 48.9 Å². The Labute approximate surface area is 207 Å². The number of benzene rings is 1. The second-order valence-corrected chi connectivity index (χ2v) is 11.2. The molecule has 1 aliphatic rings. The van der Waals surface area contributed by atoms with E-state index in [1.165, 1.54) is 23.5 Å². The van der Waals surface area contributed by atoms with Crippen molar-refractivity contribution in [3.63, 3.8) is 0 Å². The fraction of sp³-hybridized carbons (Fsp3) is 0.348. The van der Waals surface area contributed by atoms with Gasteiger partial charge in [0.1, 0.15) is 5.82 Å². The second-order valence-electron chi connectivity index (χ2n) is 8.40. The molecule has 35 heavy (non-hydrogen) atoms. The summed E-state index contributed by atoms with van der Waals surface area (Å²) in [4.78, 5) is 11.3. The lowest BCUT2D eigenvalue weighted by Crippen LogP contribution is -2.38. The van der Waals surface area contributed by atoms with E-state index in [0.717, 1.165) is 17.0 Å². The summed E-state index contributed by atoms with van der Waals surface area (Å²) in [7, 11) is -1.68. The minimum Gasteiger partial charge on any atom is -0.317 e. The Morgan fingerprint density at radius 3 is 2.63 bits per heavy atom. The van der Waals surface area contributed by atoms with Crippen LogP contribution in [0.4, 0.5) is 21.2 Å². The molecule has 0 atom stereocenters. The molecule has 5 rings (SSSR count). The normalized spacial score (nSPS) is 14.9. The summed E-state index contributed by atoms with van der Waals surface area (Å²) in [6.45, 7) is 3.37. The van der Waals surface area contributed by atoms with Gasteiger partial charge < -0.3 is 10.2 Å². The Morgan fingerprint density at radius 1 is 1.17 bits per heavy atom. The molecule has 1 fully saturated rings. The van der Waals surface area contributed by atoms with Crippen LogP contribution in [0.25, 0.3) is 16.9 Å². The Balaban J connectivity index is 1.48. The molecule has 184 valence electrons. The van der Waals surface area contributed by atoms with Gasteiger partial charge in [0.25, 0.3) is 0 Å². The van der Waals surface area contributed by atoms with Gasteiger partial charge in [0.05, 0.1) is 16.6 Å². The maximum atomic E-state index is 13.3. The van der Waals surface area contributed by atoms with E-state index in [4.69, 9.17) is 4.98 Å². The Bertz CT molecular complexity index is 1440. The predicted octanol–water partition coefficient (Wildman–Crippen LogP) is 3.82. The Kier molecular flexibility index (Phi) is 6.43. The van der Waals surface area contributed by atoms with Crippen LogP contribution < -0.4 is 14.9 Å². The number of nitrogens with one attached hydrogen (secondary N) is 2. The lowest BCUT2D eigenvalue weighted by Gasteiger charge is -2.23. The highest BCUT2D eigenvalue weighted by Gasteiger charge is 2.28. The van der Waals surface area contributed by atoms with Gasteiger partial charge in [-0.05, 0) is 68.8 Å². The molecule has 1 aliphatic heterocycles. The number of hydrogen-bond acceptors (Lipinski definition) is 8. The smallest absolute Gasteiger partial charge is 0.236 e. The van der Waals surface area contributed by atoms with Crippen molar-refractivity contribution in [3.8, 4) is 11.3 Å². The summed E-state index contributed by atoms with van der Waals surface area (Å²) >= 11 is 1.45. The van der Waals surface area contributed by atoms with Gasteiger partial charge >= 0.3 is 0 Å². The summed E-state index contributed by atoms with van der Waals surface area (Å²) in [5.74, 6) is 0.666. The molecule has 2 N–H and O–H groups in total. The topological polar surface area (TPSA) is 105 Å². The van der Waals surface area contributed by atoms with Crippen LogP contribution in [0.1, 0.15) is 25.5 Å². The molecule has 9 nitrogen and oxygen atoms in total. The first-order valence-corrected chi connectivity index (χ1v) is 13.8. The summed E-state index contributed by atoms with van der Waals surface area (Å²) in [5.41, 5.74) is 3.00. The van der Waals surface area contributed by atoms with Gasteiger partial charge in [-0.25, -0.2) is 22.8 Å². The van der Waals surface area contributed by atoms with Crippen LogP contribution in [0.3, 0.4) is 0 Å². The molecule has 3 aromatic heterocycles. The largest absolute Gasteiger partial charge is 0.317 e. The van der Waals surface area contributed by atoms with Crippen molar-refractivity contribution in [3.05, 3.63) is 53.3 Å². The van der Waals surface area contributed by atoms with Crippen molar-refractivity contribution < 1.29 is 12.8 Å². The molecule has 0 aliphatic carbocycles. The van der Waals surface area contributed by atoms with Gasteiger partial charge in [0.15, 0.2) is 22.4 Å². The zero-order valence-electron chi connectivity index (χ0n) is 19.4. The fourth-order valence-corrected chi connectivity index (χ4v) is 6.42. The molecule has 0 radical (unpaired) electrons. The molecule has 4 aromatic rings. The summed E-state index contributed by atoms with van der Waals surface area (Å²) < 4.78 is 43.4. The van der Waals surface area contributed by atoms with Gasteiger partial charge in [-0.2, -0.15) is 4.52 Å². The molecule has 4 heterocycles.